The molecule has 4 heterocycles. The van der Waals surface area contributed by atoms with Gasteiger partial charge in [0.2, 0.25) is 5.82 Å². The maximum atomic E-state index is 12.8. The first-order chi connectivity index (χ1) is 19.3. The molecule has 0 unspecified atom stereocenters. The van der Waals surface area contributed by atoms with Crippen molar-refractivity contribution in [1.29, 1.82) is 0 Å². The number of hydrogen-bond acceptors (Lipinski definition) is 11. The molecule has 16 heteroatoms. The number of hydrogen-bond donors (Lipinski definition) is 7. The van der Waals surface area contributed by atoms with Crippen molar-refractivity contribution in [2.45, 2.75) is 50.7 Å². The van der Waals surface area contributed by atoms with Crippen LogP contribution in [0.2, 0.25) is 0 Å². The lowest BCUT2D eigenvalue weighted by atomic mass is 10.1. The highest BCUT2D eigenvalue weighted by atomic mass is 16.6. The lowest BCUT2D eigenvalue weighted by Gasteiger charge is -2.26. The molecule has 0 spiro atoms. The maximum Gasteiger partial charge on any atom is 0.314 e. The molecule has 2 aromatic rings. The van der Waals surface area contributed by atoms with E-state index in [1.807, 2.05) is 0 Å². The van der Waals surface area contributed by atoms with Crippen LogP contribution < -0.4 is 26.6 Å². The van der Waals surface area contributed by atoms with E-state index in [2.05, 4.69) is 46.4 Å². The Kier molecular flexibility index (Phi) is 10.0. The molecule has 2 aromatic heterocycles. The molecule has 0 radical (unpaired) electrons. The first-order valence-electron chi connectivity index (χ1n) is 13.6. The number of ether oxygens (including phenoxy) is 1. The quantitative estimate of drug-likeness (QED) is 0.151. The van der Waals surface area contributed by atoms with Gasteiger partial charge in [-0.1, -0.05) is 6.42 Å². The zero-order valence-electron chi connectivity index (χ0n) is 22.7. The number of fused-ring (bicyclic) bond motifs is 1. The van der Waals surface area contributed by atoms with E-state index in [9.17, 15) is 24.6 Å². The fourth-order valence-electron chi connectivity index (χ4n) is 4.76. The third-order valence-electron chi connectivity index (χ3n) is 6.84. The Hall–Kier alpha value is -3.60. The van der Waals surface area contributed by atoms with Crippen LogP contribution in [0.15, 0.2) is 6.33 Å². The molecule has 2 aliphatic rings. The number of aliphatic hydroxyl groups excluding tert-OH is 2. The van der Waals surface area contributed by atoms with Crippen LogP contribution in [0.4, 0.5) is 10.6 Å². The second-order valence-electron chi connectivity index (χ2n) is 9.63. The summed E-state index contributed by atoms with van der Waals surface area (Å²) in [5.74, 6) is -1.08. The van der Waals surface area contributed by atoms with Crippen molar-refractivity contribution in [3.05, 3.63) is 12.2 Å². The SMILES string of the molecule is CCNC(=O)[C@H]1O[C@@H](n2cnc3c(NC)nc(C(=O)NCCNC(=O)NCCN4CCCCC4)nc32)[C@H](O)[C@@H]1O. The van der Waals surface area contributed by atoms with Gasteiger partial charge in [-0.3, -0.25) is 14.2 Å². The topological polar surface area (TPSA) is 208 Å². The number of rotatable bonds is 11. The molecule has 2 saturated heterocycles. The zero-order chi connectivity index (χ0) is 28.6. The minimum atomic E-state index is -1.48. The van der Waals surface area contributed by atoms with Crippen molar-refractivity contribution in [1.82, 2.24) is 45.7 Å². The van der Waals surface area contributed by atoms with E-state index < -0.39 is 36.4 Å². The predicted octanol–water partition coefficient (Wildman–Crippen LogP) is -1.86. The van der Waals surface area contributed by atoms with Gasteiger partial charge >= 0.3 is 6.03 Å². The van der Waals surface area contributed by atoms with Gasteiger partial charge in [0.1, 0.15) is 12.2 Å². The molecule has 0 bridgehead atoms. The van der Waals surface area contributed by atoms with Crippen LogP contribution in [0, 0.1) is 0 Å². The van der Waals surface area contributed by atoms with E-state index in [0.717, 1.165) is 19.6 Å². The standard InChI is InChI=1S/C24H38N10O6/c1-3-26-21(37)17-15(35)16(36)23(40-17)34-13-30-14-18(25-2)31-19(32-20(14)34)22(38)27-7-8-28-24(39)29-9-12-33-10-5-4-6-11-33/h13,15-17,23,35-36H,3-12H2,1-2H3,(H,26,37)(H,27,38)(H,25,31,32)(H2,28,29,39)/t15-,16+,17-,23+/m0/s1. The number of imidazole rings is 1. The lowest BCUT2D eigenvalue weighted by Crippen LogP contribution is -2.43. The zero-order valence-corrected chi connectivity index (χ0v) is 22.7. The number of carbonyl (C=O) groups is 3. The van der Waals surface area contributed by atoms with Crippen LogP contribution in [-0.4, -0.2) is 124 Å². The summed E-state index contributed by atoms with van der Waals surface area (Å²) in [6.07, 6.45) is -0.422. The van der Waals surface area contributed by atoms with Crippen LogP contribution in [0.1, 0.15) is 43.0 Å². The van der Waals surface area contributed by atoms with Crippen LogP contribution in [0.5, 0.6) is 0 Å². The molecule has 2 fully saturated rings. The van der Waals surface area contributed by atoms with Gasteiger partial charge in [0, 0.05) is 39.8 Å². The molecule has 0 aliphatic carbocycles. The Morgan fingerprint density at radius 1 is 1.00 bits per heavy atom. The van der Waals surface area contributed by atoms with E-state index in [4.69, 9.17) is 4.74 Å². The number of piperidine rings is 1. The summed E-state index contributed by atoms with van der Waals surface area (Å²) in [6.45, 7) is 5.87. The molecule has 2 aliphatic heterocycles. The van der Waals surface area contributed by atoms with Gasteiger partial charge in [-0.15, -0.1) is 0 Å². The molecule has 4 rings (SSSR count). The number of carbonyl (C=O) groups excluding carboxylic acids is 3. The Morgan fingerprint density at radius 3 is 2.45 bits per heavy atom. The minimum absolute atomic E-state index is 0.138. The maximum absolute atomic E-state index is 12.8. The molecule has 0 aromatic carbocycles. The first-order valence-corrected chi connectivity index (χ1v) is 13.6. The molecular formula is C24H38N10O6. The van der Waals surface area contributed by atoms with Crippen LogP contribution in [0.25, 0.3) is 11.2 Å². The molecule has 0 saturated carbocycles. The Balaban J connectivity index is 1.34. The largest absolute Gasteiger partial charge is 0.387 e. The Morgan fingerprint density at radius 2 is 1.73 bits per heavy atom. The van der Waals surface area contributed by atoms with Gasteiger partial charge in [-0.25, -0.2) is 19.7 Å². The molecule has 4 amide bonds. The molecular weight excluding hydrogens is 524 g/mol. The smallest absolute Gasteiger partial charge is 0.314 e. The first kappa shape index (κ1) is 29.4. The van der Waals surface area contributed by atoms with Crippen molar-refractivity contribution >= 4 is 34.8 Å². The number of nitrogens with one attached hydrogen (secondary N) is 5. The second kappa shape index (κ2) is 13.6. The second-order valence-corrected chi connectivity index (χ2v) is 9.63. The van der Waals surface area contributed by atoms with Crippen LogP contribution in [0.3, 0.4) is 0 Å². The van der Waals surface area contributed by atoms with Crippen LogP contribution in [-0.2, 0) is 9.53 Å². The molecule has 220 valence electrons. The van der Waals surface area contributed by atoms with Gasteiger partial charge in [-0.05, 0) is 32.9 Å². The van der Waals surface area contributed by atoms with Crippen molar-refractivity contribution in [2.24, 2.45) is 0 Å². The molecule has 7 N–H and O–H groups in total. The highest BCUT2D eigenvalue weighted by Gasteiger charge is 2.47. The molecule has 16 nitrogen and oxygen atoms in total. The number of likely N-dealkylation sites (tertiary alicyclic amines) is 1. The summed E-state index contributed by atoms with van der Waals surface area (Å²) in [5, 5.41) is 34.6. The average Bonchev–Trinajstić information content (AvgIpc) is 3.51. The number of amides is 4. The summed E-state index contributed by atoms with van der Waals surface area (Å²) in [4.78, 5) is 52.3. The van der Waals surface area contributed by atoms with Crippen molar-refractivity contribution in [3.63, 3.8) is 0 Å². The third-order valence-corrected chi connectivity index (χ3v) is 6.84. The number of aliphatic hydroxyl groups is 2. The number of likely N-dealkylation sites (N-methyl/N-ethyl adjacent to an activating group) is 1. The molecule has 40 heavy (non-hydrogen) atoms. The van der Waals surface area contributed by atoms with Gasteiger partial charge in [0.15, 0.2) is 29.3 Å². The monoisotopic (exact) mass is 562 g/mol. The number of anilines is 1. The van der Waals surface area contributed by atoms with Gasteiger partial charge in [-0.2, -0.15) is 0 Å². The third kappa shape index (κ3) is 6.75. The summed E-state index contributed by atoms with van der Waals surface area (Å²) in [7, 11) is 1.60. The van der Waals surface area contributed by atoms with Crippen molar-refractivity contribution < 1.29 is 29.3 Å². The van der Waals surface area contributed by atoms with Gasteiger partial charge in [0.05, 0.1) is 6.33 Å². The van der Waals surface area contributed by atoms with Gasteiger partial charge < -0.3 is 46.4 Å². The number of urea groups is 1. The molecule has 4 atom stereocenters. The van der Waals surface area contributed by atoms with Crippen molar-refractivity contribution in [2.75, 3.05) is 58.2 Å². The van der Waals surface area contributed by atoms with Gasteiger partial charge in [0.25, 0.3) is 11.8 Å². The Labute approximate surface area is 231 Å². The van der Waals surface area contributed by atoms with Crippen molar-refractivity contribution in [3.8, 4) is 0 Å². The van der Waals surface area contributed by atoms with E-state index >= 15 is 0 Å². The highest BCUT2D eigenvalue weighted by Crippen LogP contribution is 2.32. The number of nitrogens with zero attached hydrogens (tertiary/aromatic N) is 5. The highest BCUT2D eigenvalue weighted by molar-refractivity contribution is 5.94. The lowest BCUT2D eigenvalue weighted by molar-refractivity contribution is -0.137. The average molecular weight is 563 g/mol. The van der Waals surface area contributed by atoms with E-state index in [1.54, 1.807) is 14.0 Å². The minimum Gasteiger partial charge on any atom is -0.387 e. The summed E-state index contributed by atoms with van der Waals surface area (Å²) < 4.78 is 7.02. The van der Waals surface area contributed by atoms with E-state index in [0.29, 0.717) is 18.6 Å². The van der Waals surface area contributed by atoms with Crippen LogP contribution >= 0.6 is 0 Å². The van der Waals surface area contributed by atoms with E-state index in [-0.39, 0.29) is 36.4 Å². The summed E-state index contributed by atoms with van der Waals surface area (Å²) >= 11 is 0. The normalized spacial score (nSPS) is 23.1. The predicted molar refractivity (Wildman–Crippen MR) is 144 cm³/mol. The van der Waals surface area contributed by atoms with E-state index in [1.165, 1.54) is 30.2 Å². The summed E-state index contributed by atoms with van der Waals surface area (Å²) in [6, 6.07) is -0.312. The summed E-state index contributed by atoms with van der Waals surface area (Å²) in [5.41, 5.74) is 0.456. The number of aromatic nitrogens is 4. The fourth-order valence-corrected chi connectivity index (χ4v) is 4.76. The fraction of sp³-hybridized carbons (Fsp3) is 0.667. The Bertz CT molecular complexity index is 1190.